The third-order valence-electron chi connectivity index (χ3n) is 3.02. The van der Waals surface area contributed by atoms with Crippen molar-refractivity contribution >= 4 is 0 Å². The first-order valence-corrected chi connectivity index (χ1v) is 5.68. The predicted molar refractivity (Wildman–Crippen MR) is 59.3 cm³/mol. The van der Waals surface area contributed by atoms with Gasteiger partial charge in [0.1, 0.15) is 0 Å². The van der Waals surface area contributed by atoms with Gasteiger partial charge in [-0.1, -0.05) is 13.8 Å². The summed E-state index contributed by atoms with van der Waals surface area (Å²) in [6.45, 7) is 10.5. The average molecular weight is 200 g/mol. The molecule has 0 radical (unpaired) electrons. The van der Waals surface area contributed by atoms with Crippen LogP contribution in [0.2, 0.25) is 0 Å². The molecule has 1 aliphatic heterocycles. The lowest BCUT2D eigenvalue weighted by Crippen LogP contribution is -2.45. The van der Waals surface area contributed by atoms with E-state index in [1.165, 1.54) is 0 Å². The first-order valence-electron chi connectivity index (χ1n) is 5.68. The van der Waals surface area contributed by atoms with E-state index < -0.39 is 0 Å². The second-order valence-corrected chi connectivity index (χ2v) is 4.68. The number of nitrogens with two attached hydrogens (primary N) is 1. The van der Waals surface area contributed by atoms with E-state index in [2.05, 4.69) is 25.7 Å². The summed E-state index contributed by atoms with van der Waals surface area (Å²) in [6, 6.07) is 0.804. The van der Waals surface area contributed by atoms with E-state index in [9.17, 15) is 0 Å². The van der Waals surface area contributed by atoms with Crippen LogP contribution in [-0.2, 0) is 4.74 Å². The van der Waals surface area contributed by atoms with E-state index in [1.54, 1.807) is 0 Å². The summed E-state index contributed by atoms with van der Waals surface area (Å²) in [5.41, 5.74) is 6.08. The second kappa shape index (κ2) is 5.69. The van der Waals surface area contributed by atoms with Crippen LogP contribution in [0.3, 0.4) is 0 Å². The maximum Gasteiger partial charge on any atom is 0.0619 e. The molecule has 1 rings (SSSR count). The van der Waals surface area contributed by atoms with Crippen molar-refractivity contribution in [2.45, 2.75) is 39.3 Å². The van der Waals surface area contributed by atoms with Gasteiger partial charge in [-0.3, -0.25) is 4.90 Å². The minimum atomic E-state index is 0.288. The van der Waals surface area contributed by atoms with E-state index >= 15 is 0 Å². The molecule has 3 nitrogen and oxygen atoms in total. The zero-order chi connectivity index (χ0) is 10.6. The molecule has 14 heavy (non-hydrogen) atoms. The number of hydrogen-bond donors (Lipinski definition) is 1. The largest absolute Gasteiger partial charge is 0.380 e. The smallest absolute Gasteiger partial charge is 0.0619 e. The van der Waals surface area contributed by atoms with Crippen LogP contribution in [-0.4, -0.2) is 43.3 Å². The number of rotatable bonds is 3. The summed E-state index contributed by atoms with van der Waals surface area (Å²) in [6.07, 6.45) is 1.13. The van der Waals surface area contributed by atoms with E-state index in [1.807, 2.05) is 0 Å². The Morgan fingerprint density at radius 2 is 2.21 bits per heavy atom. The Bertz CT molecular complexity index is 161. The third kappa shape index (κ3) is 3.56. The molecule has 0 aromatic rings. The molecule has 1 aliphatic rings. The van der Waals surface area contributed by atoms with Gasteiger partial charge in [0.2, 0.25) is 0 Å². The fourth-order valence-corrected chi connectivity index (χ4v) is 1.70. The van der Waals surface area contributed by atoms with Crippen LogP contribution < -0.4 is 5.73 Å². The SMILES string of the molecule is CC(C)[C@H](N)CN1CCCOCC1C. The maximum atomic E-state index is 6.08. The molecule has 1 unspecified atom stereocenters. The minimum absolute atomic E-state index is 0.288. The molecular formula is C11H24N2O. The van der Waals surface area contributed by atoms with Crippen LogP contribution in [0.15, 0.2) is 0 Å². The predicted octanol–water partition coefficient (Wildman–Crippen LogP) is 1.08. The molecule has 1 fully saturated rings. The van der Waals surface area contributed by atoms with Gasteiger partial charge in [-0.25, -0.2) is 0 Å². The Kier molecular flexibility index (Phi) is 4.85. The molecule has 0 amide bonds. The molecule has 2 atom stereocenters. The van der Waals surface area contributed by atoms with Crippen LogP contribution in [0.5, 0.6) is 0 Å². The molecule has 84 valence electrons. The lowest BCUT2D eigenvalue weighted by atomic mass is 10.0. The average Bonchev–Trinajstić information content (AvgIpc) is 2.32. The van der Waals surface area contributed by atoms with Gasteiger partial charge >= 0.3 is 0 Å². The van der Waals surface area contributed by atoms with Gasteiger partial charge in [-0.2, -0.15) is 0 Å². The van der Waals surface area contributed by atoms with Gasteiger partial charge in [0.15, 0.2) is 0 Å². The summed E-state index contributed by atoms with van der Waals surface area (Å²) < 4.78 is 5.50. The molecule has 1 saturated heterocycles. The molecule has 0 saturated carbocycles. The van der Waals surface area contributed by atoms with Crippen LogP contribution in [0.25, 0.3) is 0 Å². The van der Waals surface area contributed by atoms with Crippen LogP contribution >= 0.6 is 0 Å². The maximum absolute atomic E-state index is 6.08. The first kappa shape index (κ1) is 12.0. The van der Waals surface area contributed by atoms with Crippen LogP contribution in [0.1, 0.15) is 27.2 Å². The molecule has 0 aliphatic carbocycles. The van der Waals surface area contributed by atoms with E-state index in [0.29, 0.717) is 12.0 Å². The highest BCUT2D eigenvalue weighted by atomic mass is 16.5. The zero-order valence-electron chi connectivity index (χ0n) is 9.70. The Morgan fingerprint density at radius 3 is 2.86 bits per heavy atom. The normalized spacial score (nSPS) is 27.6. The molecule has 0 aromatic carbocycles. The highest BCUT2D eigenvalue weighted by molar-refractivity contribution is 4.76. The highest BCUT2D eigenvalue weighted by Crippen LogP contribution is 2.09. The topological polar surface area (TPSA) is 38.5 Å². The van der Waals surface area contributed by atoms with Crippen LogP contribution in [0.4, 0.5) is 0 Å². The molecule has 0 aromatic heterocycles. The van der Waals surface area contributed by atoms with Crippen LogP contribution in [0, 0.1) is 5.92 Å². The molecule has 2 N–H and O–H groups in total. The van der Waals surface area contributed by atoms with Gasteiger partial charge in [0, 0.05) is 31.8 Å². The van der Waals surface area contributed by atoms with Crippen molar-refractivity contribution in [1.82, 2.24) is 4.90 Å². The summed E-state index contributed by atoms with van der Waals surface area (Å²) >= 11 is 0. The number of hydrogen-bond acceptors (Lipinski definition) is 3. The van der Waals surface area contributed by atoms with E-state index in [4.69, 9.17) is 10.5 Å². The van der Waals surface area contributed by atoms with E-state index in [-0.39, 0.29) is 6.04 Å². The summed E-state index contributed by atoms with van der Waals surface area (Å²) in [4.78, 5) is 2.46. The third-order valence-corrected chi connectivity index (χ3v) is 3.02. The fourth-order valence-electron chi connectivity index (χ4n) is 1.70. The number of nitrogens with zero attached hydrogens (tertiary/aromatic N) is 1. The molecule has 0 bridgehead atoms. The second-order valence-electron chi connectivity index (χ2n) is 4.68. The van der Waals surface area contributed by atoms with Gasteiger partial charge in [-0.15, -0.1) is 0 Å². The van der Waals surface area contributed by atoms with Gasteiger partial charge in [0.25, 0.3) is 0 Å². The monoisotopic (exact) mass is 200 g/mol. The van der Waals surface area contributed by atoms with Gasteiger partial charge < -0.3 is 10.5 Å². The Balaban J connectivity index is 2.40. The summed E-state index contributed by atoms with van der Waals surface area (Å²) in [5.74, 6) is 0.561. The van der Waals surface area contributed by atoms with Crippen molar-refractivity contribution in [3.05, 3.63) is 0 Å². The Morgan fingerprint density at radius 1 is 1.50 bits per heavy atom. The Labute approximate surface area is 87.6 Å². The molecule has 0 spiro atoms. The standard InChI is InChI=1S/C11H24N2O/c1-9(2)11(12)7-13-5-4-6-14-8-10(13)3/h9-11H,4-8,12H2,1-3H3/t10?,11-/m1/s1. The summed E-state index contributed by atoms with van der Waals surface area (Å²) in [7, 11) is 0. The molecule has 3 heteroatoms. The fraction of sp³-hybridized carbons (Fsp3) is 1.00. The zero-order valence-corrected chi connectivity index (χ0v) is 9.70. The summed E-state index contributed by atoms with van der Waals surface area (Å²) in [5, 5.41) is 0. The van der Waals surface area contributed by atoms with E-state index in [0.717, 1.165) is 32.7 Å². The highest BCUT2D eigenvalue weighted by Gasteiger charge is 2.20. The molecular weight excluding hydrogens is 176 g/mol. The van der Waals surface area contributed by atoms with Gasteiger partial charge in [-0.05, 0) is 19.3 Å². The lowest BCUT2D eigenvalue weighted by Gasteiger charge is -2.30. The van der Waals surface area contributed by atoms with Crippen molar-refractivity contribution < 1.29 is 4.74 Å². The molecule has 1 heterocycles. The van der Waals surface area contributed by atoms with Crippen molar-refractivity contribution in [1.29, 1.82) is 0 Å². The lowest BCUT2D eigenvalue weighted by molar-refractivity contribution is 0.103. The Hall–Kier alpha value is -0.120. The van der Waals surface area contributed by atoms with Crippen molar-refractivity contribution in [2.75, 3.05) is 26.3 Å². The first-order chi connectivity index (χ1) is 6.61. The van der Waals surface area contributed by atoms with Crippen molar-refractivity contribution in [3.8, 4) is 0 Å². The van der Waals surface area contributed by atoms with Crippen molar-refractivity contribution in [2.24, 2.45) is 11.7 Å². The minimum Gasteiger partial charge on any atom is -0.380 e. The quantitative estimate of drug-likeness (QED) is 0.741. The van der Waals surface area contributed by atoms with Gasteiger partial charge in [0.05, 0.1) is 6.61 Å². The van der Waals surface area contributed by atoms with Crippen molar-refractivity contribution in [3.63, 3.8) is 0 Å². The number of ether oxygens (including phenoxy) is 1.